The summed E-state index contributed by atoms with van der Waals surface area (Å²) in [6, 6.07) is 0. The van der Waals surface area contributed by atoms with E-state index in [2.05, 4.69) is 11.5 Å². The Bertz CT molecular complexity index is 193. The van der Waals surface area contributed by atoms with Crippen LogP contribution in [0, 0.1) is 0 Å². The third kappa shape index (κ3) is 6.97. The molecule has 0 aromatic rings. The van der Waals surface area contributed by atoms with E-state index in [4.69, 9.17) is 4.74 Å². The quantitative estimate of drug-likeness (QED) is 0.366. The van der Waals surface area contributed by atoms with Gasteiger partial charge in [0.05, 0.1) is 6.61 Å². The summed E-state index contributed by atoms with van der Waals surface area (Å²) in [5, 5.41) is 0. The van der Waals surface area contributed by atoms with Crippen molar-refractivity contribution in [3.8, 4) is 0 Å². The zero-order valence-corrected chi connectivity index (χ0v) is 10.0. The Morgan fingerprint density at radius 2 is 2.14 bits per heavy atom. The predicted molar refractivity (Wildman–Crippen MR) is 61.7 cm³/mol. The van der Waals surface area contributed by atoms with Gasteiger partial charge in [0, 0.05) is 23.6 Å². The largest absolute Gasteiger partial charge is 0.463 e. The standard InChI is InChI=1S/C10H19NO2S/c1-5-13-10(12)9(2)8-14-7-6-11(3)4/h2,5-8H2,1,3-4H3. The second-order valence-corrected chi connectivity index (χ2v) is 4.29. The minimum Gasteiger partial charge on any atom is -0.463 e. The lowest BCUT2D eigenvalue weighted by Gasteiger charge is -2.09. The molecule has 0 aliphatic heterocycles. The van der Waals surface area contributed by atoms with Crippen molar-refractivity contribution in [1.82, 2.24) is 4.90 Å². The summed E-state index contributed by atoms with van der Waals surface area (Å²) in [4.78, 5) is 13.2. The molecule has 14 heavy (non-hydrogen) atoms. The molecule has 0 unspecified atom stereocenters. The Hall–Kier alpha value is -0.480. The first kappa shape index (κ1) is 13.5. The molecule has 0 spiro atoms. The molecule has 0 fully saturated rings. The highest BCUT2D eigenvalue weighted by atomic mass is 32.2. The molecule has 0 aliphatic carbocycles. The summed E-state index contributed by atoms with van der Waals surface area (Å²) in [6.45, 7) is 6.91. The smallest absolute Gasteiger partial charge is 0.334 e. The topological polar surface area (TPSA) is 29.5 Å². The minimum atomic E-state index is -0.273. The van der Waals surface area contributed by atoms with Crippen molar-refractivity contribution in [2.45, 2.75) is 6.92 Å². The van der Waals surface area contributed by atoms with Crippen LogP contribution in [-0.2, 0) is 9.53 Å². The average Bonchev–Trinajstić information content (AvgIpc) is 2.12. The summed E-state index contributed by atoms with van der Waals surface area (Å²) in [5.74, 6) is 1.39. The molecule has 0 heterocycles. The van der Waals surface area contributed by atoms with E-state index >= 15 is 0 Å². The third-order valence-corrected chi connectivity index (χ3v) is 2.55. The van der Waals surface area contributed by atoms with Gasteiger partial charge >= 0.3 is 5.97 Å². The first-order valence-electron chi connectivity index (χ1n) is 4.65. The predicted octanol–water partition coefficient (Wildman–Crippen LogP) is 1.40. The van der Waals surface area contributed by atoms with Gasteiger partial charge in [-0.1, -0.05) is 6.58 Å². The molecule has 0 saturated heterocycles. The lowest BCUT2D eigenvalue weighted by Crippen LogP contribution is -2.15. The number of thioether (sulfide) groups is 1. The first-order valence-corrected chi connectivity index (χ1v) is 5.80. The SMILES string of the molecule is C=C(CSCCN(C)C)C(=O)OCC. The van der Waals surface area contributed by atoms with E-state index < -0.39 is 0 Å². The van der Waals surface area contributed by atoms with Crippen molar-refractivity contribution in [1.29, 1.82) is 0 Å². The monoisotopic (exact) mass is 217 g/mol. The highest BCUT2D eigenvalue weighted by molar-refractivity contribution is 7.99. The van der Waals surface area contributed by atoms with E-state index in [1.165, 1.54) is 0 Å². The van der Waals surface area contributed by atoms with Crippen molar-refractivity contribution in [2.24, 2.45) is 0 Å². The van der Waals surface area contributed by atoms with E-state index in [0.717, 1.165) is 12.3 Å². The highest BCUT2D eigenvalue weighted by Gasteiger charge is 2.06. The van der Waals surface area contributed by atoms with Crippen molar-refractivity contribution in [3.05, 3.63) is 12.2 Å². The molecule has 0 aliphatic rings. The third-order valence-electron chi connectivity index (χ3n) is 1.52. The van der Waals surface area contributed by atoms with Gasteiger partial charge in [0.15, 0.2) is 0 Å². The molecule has 0 aromatic carbocycles. The molecule has 0 rings (SSSR count). The van der Waals surface area contributed by atoms with Crippen LogP contribution in [0.3, 0.4) is 0 Å². The maximum absolute atomic E-state index is 11.1. The average molecular weight is 217 g/mol. The van der Waals surface area contributed by atoms with Crippen molar-refractivity contribution in [2.75, 3.05) is 38.8 Å². The van der Waals surface area contributed by atoms with E-state index in [1.54, 1.807) is 18.7 Å². The molecular formula is C10H19NO2S. The van der Waals surface area contributed by atoms with Gasteiger partial charge in [0.2, 0.25) is 0 Å². The summed E-state index contributed by atoms with van der Waals surface area (Å²) in [5.41, 5.74) is 0.551. The van der Waals surface area contributed by atoms with Crippen LogP contribution in [0.15, 0.2) is 12.2 Å². The highest BCUT2D eigenvalue weighted by Crippen LogP contribution is 2.07. The Morgan fingerprint density at radius 3 is 2.64 bits per heavy atom. The summed E-state index contributed by atoms with van der Waals surface area (Å²) in [6.07, 6.45) is 0. The fraction of sp³-hybridized carbons (Fsp3) is 0.700. The number of esters is 1. The number of carbonyl (C=O) groups is 1. The van der Waals surface area contributed by atoms with Gasteiger partial charge in [0.1, 0.15) is 0 Å². The van der Waals surface area contributed by atoms with Crippen LogP contribution >= 0.6 is 11.8 Å². The second kappa shape index (κ2) is 7.88. The number of ether oxygens (including phenoxy) is 1. The maximum Gasteiger partial charge on any atom is 0.334 e. The van der Waals surface area contributed by atoms with Crippen LogP contribution in [0.25, 0.3) is 0 Å². The summed E-state index contributed by atoms with van der Waals surface area (Å²) < 4.78 is 4.82. The van der Waals surface area contributed by atoms with Gasteiger partial charge in [-0.25, -0.2) is 4.79 Å². The normalized spacial score (nSPS) is 10.3. The molecule has 0 bridgehead atoms. The van der Waals surface area contributed by atoms with Gasteiger partial charge < -0.3 is 9.64 Å². The van der Waals surface area contributed by atoms with Gasteiger partial charge in [-0.3, -0.25) is 0 Å². The molecule has 82 valence electrons. The number of nitrogens with zero attached hydrogens (tertiary/aromatic N) is 1. The van der Waals surface area contributed by atoms with E-state index in [1.807, 2.05) is 14.1 Å². The van der Waals surface area contributed by atoms with Gasteiger partial charge in [-0.2, -0.15) is 11.8 Å². The van der Waals surface area contributed by atoms with E-state index in [0.29, 0.717) is 17.9 Å². The number of rotatable bonds is 7. The van der Waals surface area contributed by atoms with Crippen LogP contribution in [0.5, 0.6) is 0 Å². The Balaban J connectivity index is 3.49. The van der Waals surface area contributed by atoms with Crippen LogP contribution in [0.4, 0.5) is 0 Å². The van der Waals surface area contributed by atoms with Crippen LogP contribution < -0.4 is 0 Å². The van der Waals surface area contributed by atoms with Crippen LogP contribution in [0.1, 0.15) is 6.92 Å². The van der Waals surface area contributed by atoms with Crippen molar-refractivity contribution < 1.29 is 9.53 Å². The van der Waals surface area contributed by atoms with Crippen LogP contribution in [0.2, 0.25) is 0 Å². The summed E-state index contributed by atoms with van der Waals surface area (Å²) in [7, 11) is 4.06. The number of carbonyl (C=O) groups excluding carboxylic acids is 1. The first-order chi connectivity index (χ1) is 6.57. The molecule has 0 N–H and O–H groups in total. The second-order valence-electron chi connectivity index (χ2n) is 3.18. The molecule has 0 saturated carbocycles. The van der Waals surface area contributed by atoms with Gasteiger partial charge in [-0.05, 0) is 21.0 Å². The molecule has 0 amide bonds. The lowest BCUT2D eigenvalue weighted by atomic mass is 10.4. The molecule has 0 aromatic heterocycles. The molecular weight excluding hydrogens is 198 g/mol. The van der Waals surface area contributed by atoms with Crippen LogP contribution in [-0.4, -0.2) is 49.6 Å². The zero-order valence-electron chi connectivity index (χ0n) is 9.21. The molecule has 0 atom stereocenters. The molecule has 4 heteroatoms. The fourth-order valence-electron chi connectivity index (χ4n) is 0.735. The maximum atomic E-state index is 11.1. The molecule has 0 radical (unpaired) electrons. The van der Waals surface area contributed by atoms with E-state index in [-0.39, 0.29) is 5.97 Å². The van der Waals surface area contributed by atoms with Gasteiger partial charge in [0.25, 0.3) is 0 Å². The van der Waals surface area contributed by atoms with Gasteiger partial charge in [-0.15, -0.1) is 0 Å². The zero-order chi connectivity index (χ0) is 11.0. The Morgan fingerprint density at radius 1 is 1.50 bits per heavy atom. The van der Waals surface area contributed by atoms with Crippen molar-refractivity contribution >= 4 is 17.7 Å². The Kier molecular flexibility index (Phi) is 7.61. The summed E-state index contributed by atoms with van der Waals surface area (Å²) >= 11 is 1.70. The number of hydrogen-bond donors (Lipinski definition) is 0. The van der Waals surface area contributed by atoms with Crippen molar-refractivity contribution in [3.63, 3.8) is 0 Å². The minimum absolute atomic E-state index is 0.273. The van der Waals surface area contributed by atoms with E-state index in [9.17, 15) is 4.79 Å². The fourth-order valence-corrected chi connectivity index (χ4v) is 1.74. The Labute approximate surface area is 90.5 Å². The molecule has 3 nitrogen and oxygen atoms in total. The lowest BCUT2D eigenvalue weighted by molar-refractivity contribution is -0.138. The number of hydrogen-bond acceptors (Lipinski definition) is 4.